The lowest BCUT2D eigenvalue weighted by molar-refractivity contribution is -0.142. The maximum absolute atomic E-state index is 12.7. The van der Waals surface area contributed by atoms with Crippen molar-refractivity contribution in [3.05, 3.63) is 107 Å². The minimum absolute atomic E-state index is 0.0987. The van der Waals surface area contributed by atoms with E-state index in [1.807, 2.05) is 12.1 Å². The molecule has 6 nitrogen and oxygen atoms in total. The van der Waals surface area contributed by atoms with E-state index in [-0.39, 0.29) is 22.3 Å². The Morgan fingerprint density at radius 1 is 0.550 bits per heavy atom. The molecular formula is C28H14F6N6. The van der Waals surface area contributed by atoms with Gasteiger partial charge in [0.15, 0.2) is 0 Å². The highest BCUT2D eigenvalue weighted by atomic mass is 19.4. The van der Waals surface area contributed by atoms with E-state index < -0.39 is 23.7 Å². The molecular weight excluding hydrogens is 534 g/mol. The van der Waals surface area contributed by atoms with Gasteiger partial charge >= 0.3 is 12.4 Å². The Bertz CT molecular complexity index is 1510. The van der Waals surface area contributed by atoms with Crippen molar-refractivity contribution in [2.75, 3.05) is 0 Å². The van der Waals surface area contributed by atoms with Gasteiger partial charge in [0.25, 0.3) is 0 Å². The number of nitriles is 2. The summed E-state index contributed by atoms with van der Waals surface area (Å²) in [7, 11) is 0. The Hall–Kier alpha value is -5.36. The second-order valence-corrected chi connectivity index (χ2v) is 8.15. The van der Waals surface area contributed by atoms with Crippen LogP contribution in [0.25, 0.3) is 34.7 Å². The van der Waals surface area contributed by atoms with E-state index in [9.17, 15) is 36.9 Å². The third-order valence-corrected chi connectivity index (χ3v) is 5.43. The molecule has 0 spiro atoms. The molecule has 0 bridgehead atoms. The number of hydrogen-bond acceptors (Lipinski definition) is 6. The minimum Gasteiger partial charge on any atom is -0.254 e. The highest BCUT2D eigenvalue weighted by molar-refractivity contribution is 5.90. The summed E-state index contributed by atoms with van der Waals surface area (Å²) in [4.78, 5) is 15.4. The van der Waals surface area contributed by atoms with Gasteiger partial charge in [-0.25, -0.2) is 0 Å². The quantitative estimate of drug-likeness (QED) is 0.195. The molecule has 0 aliphatic rings. The first kappa shape index (κ1) is 27.7. The number of alkyl halides is 6. The first-order valence-corrected chi connectivity index (χ1v) is 11.2. The Labute approximate surface area is 223 Å². The lowest BCUT2D eigenvalue weighted by Crippen LogP contribution is -2.07. The molecule has 0 saturated heterocycles. The van der Waals surface area contributed by atoms with Crippen LogP contribution in [0.4, 0.5) is 26.3 Å². The zero-order chi connectivity index (χ0) is 28.9. The summed E-state index contributed by atoms with van der Waals surface area (Å²) in [6.07, 6.45) is -1.37. The maximum Gasteiger partial charge on any atom is 0.433 e. The lowest BCUT2D eigenvalue weighted by atomic mass is 10.1. The van der Waals surface area contributed by atoms with Gasteiger partial charge in [-0.05, 0) is 59.7 Å². The molecule has 0 aliphatic carbocycles. The van der Waals surface area contributed by atoms with Crippen molar-refractivity contribution in [3.63, 3.8) is 0 Å². The second-order valence-electron chi connectivity index (χ2n) is 8.15. The molecule has 0 N–H and O–H groups in total. The first-order valence-electron chi connectivity index (χ1n) is 11.2. The average Bonchev–Trinajstić information content (AvgIpc) is 2.94. The topological polar surface area (TPSA) is 99.1 Å². The van der Waals surface area contributed by atoms with Gasteiger partial charge in [0, 0.05) is 35.9 Å². The van der Waals surface area contributed by atoms with Crippen molar-refractivity contribution < 1.29 is 26.3 Å². The van der Waals surface area contributed by atoms with E-state index in [1.54, 1.807) is 24.3 Å². The van der Waals surface area contributed by atoms with E-state index in [0.29, 0.717) is 22.5 Å². The fourth-order valence-electron chi connectivity index (χ4n) is 3.42. The van der Waals surface area contributed by atoms with Crippen molar-refractivity contribution in [1.29, 1.82) is 10.5 Å². The molecule has 0 atom stereocenters. The second kappa shape index (κ2) is 11.2. The summed E-state index contributed by atoms with van der Waals surface area (Å²) in [5, 5.41) is 18.9. The molecule has 0 fully saturated rings. The number of hydrogen-bond donors (Lipinski definition) is 0. The lowest BCUT2D eigenvalue weighted by Gasteiger charge is -2.06. The molecule has 0 aliphatic heterocycles. The summed E-state index contributed by atoms with van der Waals surface area (Å²) < 4.78 is 76.4. The SMILES string of the molecule is N#C/C(=C\c1ccc(-c2ccc(/C=C(/C#N)c3ccc(C(F)(F)F)nc3)cn2)nc1)c1ccc(C(F)(F)F)nc1. The van der Waals surface area contributed by atoms with Crippen LogP contribution in [-0.2, 0) is 12.4 Å². The maximum atomic E-state index is 12.7. The normalized spacial score (nSPS) is 12.5. The van der Waals surface area contributed by atoms with Crippen LogP contribution < -0.4 is 0 Å². The molecule has 4 aromatic heterocycles. The Kier molecular flexibility index (Phi) is 7.73. The van der Waals surface area contributed by atoms with Crippen LogP contribution in [0, 0.1) is 22.7 Å². The molecule has 4 heterocycles. The highest BCUT2D eigenvalue weighted by Gasteiger charge is 2.32. The first-order chi connectivity index (χ1) is 19.0. The van der Waals surface area contributed by atoms with Gasteiger partial charge in [-0.1, -0.05) is 12.1 Å². The summed E-state index contributed by atoms with van der Waals surface area (Å²) >= 11 is 0. The van der Waals surface area contributed by atoms with Crippen molar-refractivity contribution in [1.82, 2.24) is 19.9 Å². The number of pyridine rings is 4. The van der Waals surface area contributed by atoms with Gasteiger partial charge in [0.2, 0.25) is 0 Å². The third kappa shape index (κ3) is 6.55. The zero-order valence-corrected chi connectivity index (χ0v) is 20.0. The van der Waals surface area contributed by atoms with Crippen LogP contribution >= 0.6 is 0 Å². The molecule has 0 radical (unpaired) electrons. The van der Waals surface area contributed by atoms with Crippen LogP contribution in [0.5, 0.6) is 0 Å². The van der Waals surface area contributed by atoms with Crippen molar-refractivity contribution in [2.24, 2.45) is 0 Å². The van der Waals surface area contributed by atoms with Gasteiger partial charge in [-0.2, -0.15) is 36.9 Å². The van der Waals surface area contributed by atoms with Gasteiger partial charge in [-0.15, -0.1) is 0 Å². The van der Waals surface area contributed by atoms with Gasteiger partial charge in [-0.3, -0.25) is 19.9 Å². The smallest absolute Gasteiger partial charge is 0.254 e. The Morgan fingerprint density at radius 2 is 0.950 bits per heavy atom. The van der Waals surface area contributed by atoms with E-state index >= 15 is 0 Å². The molecule has 4 rings (SSSR count). The summed E-state index contributed by atoms with van der Waals surface area (Å²) in [5.74, 6) is 0. The minimum atomic E-state index is -4.58. The molecule has 4 aromatic rings. The third-order valence-electron chi connectivity index (χ3n) is 5.43. The predicted molar refractivity (Wildman–Crippen MR) is 133 cm³/mol. The Balaban J connectivity index is 1.50. The van der Waals surface area contributed by atoms with E-state index in [4.69, 9.17) is 0 Å². The molecule has 0 saturated carbocycles. The fourth-order valence-corrected chi connectivity index (χ4v) is 3.42. The Morgan fingerprint density at radius 3 is 1.20 bits per heavy atom. The monoisotopic (exact) mass is 548 g/mol. The largest absolute Gasteiger partial charge is 0.433 e. The summed E-state index contributed by atoms with van der Waals surface area (Å²) in [6.45, 7) is 0. The number of nitrogens with zero attached hydrogens (tertiary/aromatic N) is 6. The van der Waals surface area contributed by atoms with Crippen molar-refractivity contribution >= 4 is 23.3 Å². The summed E-state index contributed by atoms with van der Waals surface area (Å²) in [5.41, 5.74) is 0.505. The zero-order valence-electron chi connectivity index (χ0n) is 20.0. The molecule has 40 heavy (non-hydrogen) atoms. The molecule has 198 valence electrons. The van der Waals surface area contributed by atoms with Crippen LogP contribution in [0.15, 0.2) is 73.3 Å². The van der Waals surface area contributed by atoms with E-state index in [0.717, 1.165) is 24.5 Å². The van der Waals surface area contributed by atoms with Gasteiger partial charge in [0.05, 0.1) is 34.7 Å². The molecule has 12 heteroatoms. The van der Waals surface area contributed by atoms with Crippen LogP contribution in [0.2, 0.25) is 0 Å². The van der Waals surface area contributed by atoms with Crippen LogP contribution in [0.3, 0.4) is 0 Å². The standard InChI is InChI=1S/C28H14F6N6/c29-27(30,31)25-7-3-19(15-39-25)21(11-35)9-17-1-5-23(37-13-17)24-6-2-18(14-38-24)10-22(12-36)20-4-8-26(40-16-20)28(32,33)34/h1-10,13-16H/b21-9-,22-10+. The van der Waals surface area contributed by atoms with Crippen LogP contribution in [0.1, 0.15) is 33.6 Å². The van der Waals surface area contributed by atoms with Crippen molar-refractivity contribution in [3.8, 4) is 23.5 Å². The number of allylic oxidation sites excluding steroid dienone is 2. The van der Waals surface area contributed by atoms with Gasteiger partial charge < -0.3 is 0 Å². The fraction of sp³-hybridized carbons (Fsp3) is 0.0714. The van der Waals surface area contributed by atoms with Crippen molar-refractivity contribution in [2.45, 2.75) is 12.4 Å². The highest BCUT2D eigenvalue weighted by Crippen LogP contribution is 2.29. The van der Waals surface area contributed by atoms with Gasteiger partial charge in [0.1, 0.15) is 11.4 Å². The van der Waals surface area contributed by atoms with E-state index in [2.05, 4.69) is 19.9 Å². The number of aromatic nitrogens is 4. The molecule has 0 aromatic carbocycles. The predicted octanol–water partition coefficient (Wildman–Crippen LogP) is 7.10. The number of halogens is 6. The number of rotatable bonds is 5. The van der Waals surface area contributed by atoms with E-state index in [1.165, 1.54) is 36.7 Å². The molecule has 0 amide bonds. The van der Waals surface area contributed by atoms with Crippen LogP contribution in [-0.4, -0.2) is 19.9 Å². The summed E-state index contributed by atoms with van der Waals surface area (Å²) in [6, 6.07) is 14.4. The molecule has 0 unspecified atom stereocenters. The average molecular weight is 548 g/mol.